The van der Waals surface area contributed by atoms with Crippen molar-refractivity contribution in [3.05, 3.63) is 65.7 Å². The minimum absolute atomic E-state index is 0.476. The molecule has 0 bridgehead atoms. The molecular formula is C25H36N4O2. The number of aliphatic imine (C=N–C) groups is 1. The van der Waals surface area contributed by atoms with Crippen LogP contribution in [-0.4, -0.2) is 57.3 Å². The lowest BCUT2D eigenvalue weighted by atomic mass is 10.0. The van der Waals surface area contributed by atoms with Gasteiger partial charge >= 0.3 is 0 Å². The van der Waals surface area contributed by atoms with Gasteiger partial charge in [-0.05, 0) is 42.5 Å². The van der Waals surface area contributed by atoms with E-state index in [0.29, 0.717) is 19.3 Å². The average Bonchev–Trinajstić information content (AvgIpc) is 2.82. The van der Waals surface area contributed by atoms with Crippen molar-refractivity contribution in [2.45, 2.75) is 38.5 Å². The normalized spacial score (nSPS) is 15.6. The SMILES string of the molecule is CN=C(NCCCOCc1ccc(OC)cc1)NC1CCN(Cc2ccccc2)CC1. The van der Waals surface area contributed by atoms with E-state index in [2.05, 4.69) is 50.9 Å². The minimum atomic E-state index is 0.476. The number of hydrogen-bond acceptors (Lipinski definition) is 4. The molecule has 1 fully saturated rings. The standard InChI is InChI=1S/C25H36N4O2/c1-26-25(27-15-6-18-31-20-22-9-11-24(30-2)12-10-22)28-23-13-16-29(17-14-23)19-21-7-4-3-5-8-21/h3-5,7-12,23H,6,13-20H2,1-2H3,(H2,26,27,28). The molecule has 2 aromatic rings. The van der Waals surface area contributed by atoms with Gasteiger partial charge in [0.1, 0.15) is 5.75 Å². The molecule has 31 heavy (non-hydrogen) atoms. The Kier molecular flexibility index (Phi) is 9.67. The Balaban J connectivity index is 1.26. The lowest BCUT2D eigenvalue weighted by molar-refractivity contribution is 0.119. The van der Waals surface area contributed by atoms with Gasteiger partial charge in [-0.1, -0.05) is 42.5 Å². The number of nitrogens with zero attached hydrogens (tertiary/aromatic N) is 2. The van der Waals surface area contributed by atoms with Crippen LogP contribution in [-0.2, 0) is 17.9 Å². The molecule has 1 heterocycles. The molecule has 1 aliphatic rings. The molecule has 0 unspecified atom stereocenters. The predicted molar refractivity (Wildman–Crippen MR) is 127 cm³/mol. The summed E-state index contributed by atoms with van der Waals surface area (Å²) in [4.78, 5) is 6.91. The Morgan fingerprint density at radius 1 is 1.03 bits per heavy atom. The fourth-order valence-corrected chi connectivity index (χ4v) is 3.76. The monoisotopic (exact) mass is 424 g/mol. The second-order valence-corrected chi connectivity index (χ2v) is 7.93. The zero-order valence-electron chi connectivity index (χ0n) is 18.8. The number of nitrogens with one attached hydrogen (secondary N) is 2. The van der Waals surface area contributed by atoms with E-state index in [4.69, 9.17) is 9.47 Å². The highest BCUT2D eigenvalue weighted by molar-refractivity contribution is 5.79. The van der Waals surface area contributed by atoms with Crippen LogP contribution in [0.2, 0.25) is 0 Å². The Morgan fingerprint density at radius 2 is 1.77 bits per heavy atom. The first-order chi connectivity index (χ1) is 15.3. The Labute approximate surface area is 186 Å². The van der Waals surface area contributed by atoms with Gasteiger partial charge in [-0.2, -0.15) is 0 Å². The number of likely N-dealkylation sites (tertiary alicyclic amines) is 1. The van der Waals surface area contributed by atoms with Gasteiger partial charge in [-0.15, -0.1) is 0 Å². The molecular weight excluding hydrogens is 388 g/mol. The third kappa shape index (κ3) is 8.23. The molecule has 168 valence electrons. The summed E-state index contributed by atoms with van der Waals surface area (Å²) in [6.45, 7) is 5.45. The second kappa shape index (κ2) is 13.0. The van der Waals surface area contributed by atoms with Gasteiger partial charge in [0.2, 0.25) is 0 Å². The lowest BCUT2D eigenvalue weighted by Crippen LogP contribution is -2.48. The van der Waals surface area contributed by atoms with Crippen LogP contribution in [0.3, 0.4) is 0 Å². The molecule has 0 aliphatic carbocycles. The van der Waals surface area contributed by atoms with Gasteiger partial charge in [0.25, 0.3) is 0 Å². The quantitative estimate of drug-likeness (QED) is 0.348. The number of benzene rings is 2. The zero-order chi connectivity index (χ0) is 21.7. The molecule has 0 radical (unpaired) electrons. The van der Waals surface area contributed by atoms with E-state index >= 15 is 0 Å². The maximum absolute atomic E-state index is 5.77. The van der Waals surface area contributed by atoms with E-state index in [1.54, 1.807) is 7.11 Å². The number of methoxy groups -OCH3 is 1. The summed E-state index contributed by atoms with van der Waals surface area (Å²) < 4.78 is 10.9. The van der Waals surface area contributed by atoms with Crippen LogP contribution >= 0.6 is 0 Å². The maximum Gasteiger partial charge on any atom is 0.191 e. The summed E-state index contributed by atoms with van der Waals surface area (Å²) in [6, 6.07) is 19.2. The highest BCUT2D eigenvalue weighted by atomic mass is 16.5. The number of piperidine rings is 1. The van der Waals surface area contributed by atoms with Crippen molar-refractivity contribution in [3.63, 3.8) is 0 Å². The van der Waals surface area contributed by atoms with Crippen LogP contribution in [0.25, 0.3) is 0 Å². The molecule has 1 saturated heterocycles. The van der Waals surface area contributed by atoms with Crippen LogP contribution in [0.4, 0.5) is 0 Å². The summed E-state index contributed by atoms with van der Waals surface area (Å²) in [6.07, 6.45) is 3.21. The Morgan fingerprint density at radius 3 is 2.45 bits per heavy atom. The third-order valence-corrected chi connectivity index (χ3v) is 5.59. The van der Waals surface area contributed by atoms with Gasteiger partial charge in [-0.25, -0.2) is 0 Å². The first kappa shape index (κ1) is 23.1. The second-order valence-electron chi connectivity index (χ2n) is 7.93. The maximum atomic E-state index is 5.77. The number of ether oxygens (including phenoxy) is 2. The molecule has 0 atom stereocenters. The van der Waals surface area contributed by atoms with Crippen LogP contribution in [0, 0.1) is 0 Å². The van der Waals surface area contributed by atoms with Crippen molar-refractivity contribution in [3.8, 4) is 5.75 Å². The molecule has 2 aromatic carbocycles. The topological polar surface area (TPSA) is 58.1 Å². The van der Waals surface area contributed by atoms with E-state index in [1.807, 2.05) is 31.3 Å². The van der Waals surface area contributed by atoms with Crippen molar-refractivity contribution in [1.82, 2.24) is 15.5 Å². The van der Waals surface area contributed by atoms with Gasteiger partial charge in [-0.3, -0.25) is 9.89 Å². The van der Waals surface area contributed by atoms with Gasteiger partial charge < -0.3 is 20.1 Å². The van der Waals surface area contributed by atoms with E-state index in [-0.39, 0.29) is 0 Å². The van der Waals surface area contributed by atoms with Crippen LogP contribution < -0.4 is 15.4 Å². The number of rotatable bonds is 10. The average molecular weight is 425 g/mol. The summed E-state index contributed by atoms with van der Waals surface area (Å²) in [7, 11) is 3.51. The van der Waals surface area contributed by atoms with Gasteiger partial charge in [0.05, 0.1) is 13.7 Å². The predicted octanol–water partition coefficient (Wildman–Crippen LogP) is 3.43. The van der Waals surface area contributed by atoms with Crippen LogP contribution in [0.5, 0.6) is 5.75 Å². The van der Waals surface area contributed by atoms with E-state index in [1.165, 1.54) is 5.56 Å². The molecule has 0 aromatic heterocycles. The summed E-state index contributed by atoms with van der Waals surface area (Å²) in [5, 5.41) is 6.99. The minimum Gasteiger partial charge on any atom is -0.497 e. The van der Waals surface area contributed by atoms with Crippen LogP contribution in [0.15, 0.2) is 59.6 Å². The smallest absolute Gasteiger partial charge is 0.191 e. The van der Waals surface area contributed by atoms with Crippen molar-refractivity contribution in [2.24, 2.45) is 4.99 Å². The van der Waals surface area contributed by atoms with E-state index < -0.39 is 0 Å². The summed E-state index contributed by atoms with van der Waals surface area (Å²) in [5.74, 6) is 1.75. The van der Waals surface area contributed by atoms with Crippen molar-refractivity contribution in [2.75, 3.05) is 40.4 Å². The van der Waals surface area contributed by atoms with Crippen molar-refractivity contribution < 1.29 is 9.47 Å². The summed E-state index contributed by atoms with van der Waals surface area (Å²) >= 11 is 0. The van der Waals surface area contributed by atoms with Gasteiger partial charge in [0, 0.05) is 45.9 Å². The molecule has 0 amide bonds. The van der Waals surface area contributed by atoms with E-state index in [9.17, 15) is 0 Å². The van der Waals surface area contributed by atoms with E-state index in [0.717, 1.165) is 62.7 Å². The number of guanidine groups is 1. The zero-order valence-corrected chi connectivity index (χ0v) is 18.8. The highest BCUT2D eigenvalue weighted by Crippen LogP contribution is 2.14. The Bertz CT molecular complexity index is 772. The van der Waals surface area contributed by atoms with Gasteiger partial charge in [0.15, 0.2) is 5.96 Å². The first-order valence-corrected chi connectivity index (χ1v) is 11.2. The van der Waals surface area contributed by atoms with Crippen molar-refractivity contribution >= 4 is 5.96 Å². The molecule has 0 saturated carbocycles. The molecule has 1 aliphatic heterocycles. The molecule has 3 rings (SSSR count). The molecule has 6 nitrogen and oxygen atoms in total. The molecule has 6 heteroatoms. The third-order valence-electron chi connectivity index (χ3n) is 5.59. The van der Waals surface area contributed by atoms with Crippen molar-refractivity contribution in [1.29, 1.82) is 0 Å². The lowest BCUT2D eigenvalue weighted by Gasteiger charge is -2.33. The fraction of sp³-hybridized carbons (Fsp3) is 0.480. The fourth-order valence-electron chi connectivity index (χ4n) is 3.76. The van der Waals surface area contributed by atoms with Crippen LogP contribution in [0.1, 0.15) is 30.4 Å². The highest BCUT2D eigenvalue weighted by Gasteiger charge is 2.19. The molecule has 0 spiro atoms. The number of hydrogen-bond donors (Lipinski definition) is 2. The Hall–Kier alpha value is -2.57. The largest absolute Gasteiger partial charge is 0.497 e. The summed E-state index contributed by atoms with van der Waals surface area (Å²) in [5.41, 5.74) is 2.55. The first-order valence-electron chi connectivity index (χ1n) is 11.2. The molecule has 2 N–H and O–H groups in total.